The summed E-state index contributed by atoms with van der Waals surface area (Å²) >= 11 is 2.71. The predicted octanol–water partition coefficient (Wildman–Crippen LogP) is 4.87. The third-order valence-corrected chi connectivity index (χ3v) is 6.41. The zero-order valence-corrected chi connectivity index (χ0v) is 18.2. The molecule has 30 heavy (non-hydrogen) atoms. The molecule has 0 spiro atoms. The Kier molecular flexibility index (Phi) is 6.73. The van der Waals surface area contributed by atoms with Gasteiger partial charge in [-0.15, -0.1) is 23.1 Å². The van der Waals surface area contributed by atoms with Crippen LogP contribution in [0.5, 0.6) is 0 Å². The molecule has 8 heteroatoms. The van der Waals surface area contributed by atoms with Gasteiger partial charge >= 0.3 is 0 Å². The summed E-state index contributed by atoms with van der Waals surface area (Å²) in [6, 6.07) is 13.7. The first-order valence-electron chi connectivity index (χ1n) is 9.12. The number of benzene rings is 1. The standard InChI is InChI=1S/C22H19N5OS2/c1-13-5-6-15(10-14(13)2)26-19(28)7-9-30-22-17(12-24)20(18-4-3-8-29-18)16(11-23)21(25)27-22/h3-6,8,10H,7,9H2,1-2H3,(H2,25,27)(H,26,28). The fraction of sp³-hybridized carbons (Fsp3) is 0.182. The van der Waals surface area contributed by atoms with Crippen molar-refractivity contribution < 1.29 is 4.79 Å². The van der Waals surface area contributed by atoms with Crippen LogP contribution in [0.3, 0.4) is 0 Å². The Labute approximate surface area is 183 Å². The molecule has 0 aliphatic rings. The number of pyridine rings is 1. The van der Waals surface area contributed by atoms with Crippen molar-refractivity contribution in [3.8, 4) is 22.6 Å². The highest BCUT2D eigenvalue weighted by molar-refractivity contribution is 7.99. The van der Waals surface area contributed by atoms with Gasteiger partial charge in [0, 0.05) is 28.3 Å². The molecule has 2 aromatic heterocycles. The zero-order chi connectivity index (χ0) is 21.7. The van der Waals surface area contributed by atoms with E-state index in [1.54, 1.807) is 0 Å². The van der Waals surface area contributed by atoms with Crippen LogP contribution >= 0.6 is 23.1 Å². The number of hydrogen-bond acceptors (Lipinski definition) is 7. The molecule has 0 aliphatic carbocycles. The van der Waals surface area contributed by atoms with Crippen molar-refractivity contribution in [1.29, 1.82) is 10.5 Å². The fourth-order valence-electron chi connectivity index (χ4n) is 2.85. The van der Waals surface area contributed by atoms with Crippen molar-refractivity contribution >= 4 is 40.5 Å². The molecule has 0 fully saturated rings. The lowest BCUT2D eigenvalue weighted by Gasteiger charge is -2.12. The predicted molar refractivity (Wildman–Crippen MR) is 121 cm³/mol. The molecule has 150 valence electrons. The summed E-state index contributed by atoms with van der Waals surface area (Å²) < 4.78 is 0. The summed E-state index contributed by atoms with van der Waals surface area (Å²) in [5, 5.41) is 24.4. The van der Waals surface area contributed by atoms with Crippen molar-refractivity contribution in [2.75, 3.05) is 16.8 Å². The Morgan fingerprint density at radius 3 is 2.60 bits per heavy atom. The highest BCUT2D eigenvalue weighted by Crippen LogP contribution is 2.37. The minimum Gasteiger partial charge on any atom is -0.383 e. The summed E-state index contributed by atoms with van der Waals surface area (Å²) in [7, 11) is 0. The van der Waals surface area contributed by atoms with E-state index >= 15 is 0 Å². The highest BCUT2D eigenvalue weighted by Gasteiger charge is 2.21. The molecule has 1 aromatic carbocycles. The van der Waals surface area contributed by atoms with Gasteiger partial charge in [0.15, 0.2) is 0 Å². The van der Waals surface area contributed by atoms with Gasteiger partial charge < -0.3 is 11.1 Å². The van der Waals surface area contributed by atoms with Crippen LogP contribution in [0.25, 0.3) is 10.4 Å². The number of nitrogens with one attached hydrogen (secondary N) is 1. The first-order chi connectivity index (χ1) is 14.4. The molecule has 2 heterocycles. The molecule has 0 unspecified atom stereocenters. The van der Waals surface area contributed by atoms with Gasteiger partial charge in [0.25, 0.3) is 0 Å². The van der Waals surface area contributed by atoms with E-state index in [1.807, 2.05) is 49.6 Å². The molecule has 0 atom stereocenters. The second-order valence-electron chi connectivity index (χ2n) is 6.57. The van der Waals surface area contributed by atoms with Gasteiger partial charge in [0.2, 0.25) is 5.91 Å². The van der Waals surface area contributed by atoms with Crippen molar-refractivity contribution in [3.05, 3.63) is 58.0 Å². The third-order valence-electron chi connectivity index (χ3n) is 4.54. The van der Waals surface area contributed by atoms with E-state index in [0.717, 1.165) is 16.1 Å². The van der Waals surface area contributed by atoms with E-state index in [9.17, 15) is 15.3 Å². The fourth-order valence-corrected chi connectivity index (χ4v) is 4.57. The number of anilines is 2. The lowest BCUT2D eigenvalue weighted by Crippen LogP contribution is -2.12. The topological polar surface area (TPSA) is 116 Å². The summed E-state index contributed by atoms with van der Waals surface area (Å²) in [6.07, 6.45) is 0.248. The van der Waals surface area contributed by atoms with Crippen molar-refractivity contribution in [2.24, 2.45) is 0 Å². The molecular formula is C22H19N5OS2. The third kappa shape index (κ3) is 4.62. The number of amides is 1. The lowest BCUT2D eigenvalue weighted by atomic mass is 10.0. The Balaban J connectivity index is 1.75. The van der Waals surface area contributed by atoms with Crippen LogP contribution in [0.2, 0.25) is 0 Å². The second-order valence-corrected chi connectivity index (χ2v) is 8.61. The number of aromatic nitrogens is 1. The van der Waals surface area contributed by atoms with E-state index in [1.165, 1.54) is 28.7 Å². The number of nitrogens with two attached hydrogens (primary N) is 1. The van der Waals surface area contributed by atoms with Crippen LogP contribution in [0.15, 0.2) is 40.7 Å². The summed E-state index contributed by atoms with van der Waals surface area (Å²) in [6.45, 7) is 4.02. The molecule has 0 saturated heterocycles. The lowest BCUT2D eigenvalue weighted by molar-refractivity contribution is -0.115. The first kappa shape index (κ1) is 21.4. The summed E-state index contributed by atoms with van der Waals surface area (Å²) in [5.74, 6) is 0.388. The average molecular weight is 434 g/mol. The van der Waals surface area contributed by atoms with E-state index < -0.39 is 0 Å². The van der Waals surface area contributed by atoms with Gasteiger partial charge in [0.05, 0.1) is 5.56 Å². The monoisotopic (exact) mass is 433 g/mol. The molecule has 1 amide bonds. The van der Waals surface area contributed by atoms with Gasteiger partial charge in [-0.05, 0) is 48.6 Å². The number of nitrogens with zero attached hydrogens (tertiary/aromatic N) is 3. The van der Waals surface area contributed by atoms with Gasteiger partial charge in [-0.3, -0.25) is 4.79 Å². The number of nitrogen functional groups attached to an aromatic ring is 1. The number of thioether (sulfide) groups is 1. The molecule has 0 radical (unpaired) electrons. The van der Waals surface area contributed by atoms with Crippen molar-refractivity contribution in [2.45, 2.75) is 25.3 Å². The molecule has 3 rings (SSSR count). The Hall–Kier alpha value is -3.33. The Bertz CT molecular complexity index is 1170. The minimum absolute atomic E-state index is 0.0852. The SMILES string of the molecule is Cc1ccc(NC(=O)CCSc2nc(N)c(C#N)c(-c3cccs3)c2C#N)cc1C. The van der Waals surface area contributed by atoms with Crippen molar-refractivity contribution in [1.82, 2.24) is 4.98 Å². The summed E-state index contributed by atoms with van der Waals surface area (Å²) in [4.78, 5) is 17.3. The number of thiophene rings is 1. The average Bonchev–Trinajstić information content (AvgIpc) is 3.24. The van der Waals surface area contributed by atoms with E-state index in [2.05, 4.69) is 22.4 Å². The maximum Gasteiger partial charge on any atom is 0.225 e. The van der Waals surface area contributed by atoms with Crippen LogP contribution in [0.1, 0.15) is 28.7 Å². The van der Waals surface area contributed by atoms with Crippen LogP contribution < -0.4 is 11.1 Å². The van der Waals surface area contributed by atoms with Crippen molar-refractivity contribution in [3.63, 3.8) is 0 Å². The van der Waals surface area contributed by atoms with Gasteiger partial charge in [-0.2, -0.15) is 10.5 Å². The van der Waals surface area contributed by atoms with Gasteiger partial charge in [-0.1, -0.05) is 12.1 Å². The quantitative estimate of drug-likeness (QED) is 0.536. The second kappa shape index (κ2) is 9.45. The molecule has 0 bridgehead atoms. The zero-order valence-electron chi connectivity index (χ0n) is 16.5. The van der Waals surface area contributed by atoms with E-state index in [-0.39, 0.29) is 23.7 Å². The number of carbonyl (C=O) groups is 1. The minimum atomic E-state index is -0.121. The number of rotatable bonds is 6. The summed E-state index contributed by atoms with van der Waals surface area (Å²) in [5.41, 5.74) is 10.0. The maximum atomic E-state index is 12.3. The van der Waals surface area contributed by atoms with E-state index in [4.69, 9.17) is 5.73 Å². The normalized spacial score (nSPS) is 10.3. The van der Waals surface area contributed by atoms with E-state index in [0.29, 0.717) is 21.9 Å². The molecular weight excluding hydrogens is 414 g/mol. The number of nitriles is 2. The van der Waals surface area contributed by atoms with Crippen LogP contribution in [0.4, 0.5) is 11.5 Å². The molecule has 0 aliphatic heterocycles. The number of aryl methyl sites for hydroxylation is 2. The van der Waals surface area contributed by atoms with Crippen LogP contribution in [-0.4, -0.2) is 16.6 Å². The highest BCUT2D eigenvalue weighted by atomic mass is 32.2. The maximum absolute atomic E-state index is 12.3. The van der Waals surface area contributed by atoms with Gasteiger partial charge in [0.1, 0.15) is 28.5 Å². The first-order valence-corrected chi connectivity index (χ1v) is 11.0. The Morgan fingerprint density at radius 1 is 1.20 bits per heavy atom. The molecule has 3 aromatic rings. The van der Waals surface area contributed by atoms with Crippen LogP contribution in [-0.2, 0) is 4.79 Å². The molecule has 6 nitrogen and oxygen atoms in total. The number of hydrogen-bond donors (Lipinski definition) is 2. The largest absolute Gasteiger partial charge is 0.383 e. The van der Waals surface area contributed by atoms with Gasteiger partial charge in [-0.25, -0.2) is 4.98 Å². The van der Waals surface area contributed by atoms with Crippen LogP contribution in [0, 0.1) is 36.5 Å². The molecule has 3 N–H and O–H groups in total. The molecule has 0 saturated carbocycles. The smallest absolute Gasteiger partial charge is 0.225 e. The number of carbonyl (C=O) groups excluding carboxylic acids is 1. The Morgan fingerprint density at radius 2 is 1.97 bits per heavy atom.